The molecule has 0 saturated carbocycles. The molecule has 142 valence electrons. The molecule has 0 radical (unpaired) electrons. The van der Waals surface area contributed by atoms with Gasteiger partial charge in [-0.05, 0) is 62.2 Å². The zero-order valence-corrected chi connectivity index (χ0v) is 16.4. The Morgan fingerprint density at radius 1 is 1.11 bits per heavy atom. The fraction of sp³-hybridized carbons (Fsp3) is 0.286. The van der Waals surface area contributed by atoms with Crippen LogP contribution in [0.4, 0.5) is 5.69 Å². The summed E-state index contributed by atoms with van der Waals surface area (Å²) in [6.07, 6.45) is 0.809. The summed E-state index contributed by atoms with van der Waals surface area (Å²) in [5.41, 5.74) is 2.81. The molecule has 1 aliphatic heterocycles. The molecule has 2 atom stereocenters. The minimum Gasteiger partial charge on any atom is -0.481 e. The fourth-order valence-electron chi connectivity index (χ4n) is 3.03. The van der Waals surface area contributed by atoms with Crippen LogP contribution < -0.4 is 9.64 Å². The summed E-state index contributed by atoms with van der Waals surface area (Å²) < 4.78 is 29.6. The summed E-state index contributed by atoms with van der Waals surface area (Å²) >= 11 is 0. The van der Waals surface area contributed by atoms with E-state index in [-0.39, 0.29) is 11.7 Å². The van der Waals surface area contributed by atoms with Crippen LogP contribution in [0.15, 0.2) is 60.0 Å². The monoisotopic (exact) mass is 385 g/mol. The van der Waals surface area contributed by atoms with Gasteiger partial charge >= 0.3 is 0 Å². The van der Waals surface area contributed by atoms with E-state index in [9.17, 15) is 13.2 Å². The van der Waals surface area contributed by atoms with Crippen LogP contribution >= 0.6 is 0 Å². The number of benzene rings is 2. The van der Waals surface area contributed by atoms with Gasteiger partial charge in [0.1, 0.15) is 5.75 Å². The van der Waals surface area contributed by atoms with Crippen molar-refractivity contribution in [2.45, 2.75) is 32.9 Å². The molecular formula is C21H23NO4S. The highest BCUT2D eigenvalue weighted by Crippen LogP contribution is 2.26. The third-order valence-electron chi connectivity index (χ3n) is 4.65. The highest BCUT2D eigenvalue weighted by molar-refractivity contribution is 7.94. The maximum absolute atomic E-state index is 13.2. The molecule has 0 N–H and O–H groups in total. The van der Waals surface area contributed by atoms with Crippen molar-refractivity contribution in [2.24, 2.45) is 0 Å². The SMILES string of the molecule is Cc1ccc(N(C(=O)[C@H](C)Oc2ccccc2)[C@@H]2C=CS(=O)(=O)C2)cc1C. The Hall–Kier alpha value is -2.60. The molecule has 0 aliphatic carbocycles. The Morgan fingerprint density at radius 3 is 2.41 bits per heavy atom. The van der Waals surface area contributed by atoms with Crippen LogP contribution in [0, 0.1) is 13.8 Å². The summed E-state index contributed by atoms with van der Waals surface area (Å²) in [5, 5.41) is 1.18. The summed E-state index contributed by atoms with van der Waals surface area (Å²) in [4.78, 5) is 14.7. The Labute approximate surface area is 160 Å². The first-order chi connectivity index (χ1) is 12.8. The third kappa shape index (κ3) is 4.39. The van der Waals surface area contributed by atoms with Gasteiger partial charge in [-0.2, -0.15) is 0 Å². The average molecular weight is 385 g/mol. The summed E-state index contributed by atoms with van der Waals surface area (Å²) in [7, 11) is -3.30. The molecule has 3 rings (SSSR count). The van der Waals surface area contributed by atoms with Gasteiger partial charge in [0.2, 0.25) is 0 Å². The van der Waals surface area contributed by atoms with Crippen LogP contribution in [0.3, 0.4) is 0 Å². The van der Waals surface area contributed by atoms with E-state index in [2.05, 4.69) is 0 Å². The second kappa shape index (κ2) is 7.56. The first kappa shape index (κ1) is 19.2. The van der Waals surface area contributed by atoms with Crippen LogP contribution in [0.25, 0.3) is 0 Å². The molecule has 1 aliphatic rings. The molecule has 0 aromatic heterocycles. The summed E-state index contributed by atoms with van der Waals surface area (Å²) in [5.74, 6) is 0.186. The van der Waals surface area contributed by atoms with Gasteiger partial charge in [-0.3, -0.25) is 4.79 Å². The number of para-hydroxylation sites is 1. The smallest absolute Gasteiger partial charge is 0.268 e. The number of ether oxygens (including phenoxy) is 1. The van der Waals surface area contributed by atoms with Crippen molar-refractivity contribution in [3.05, 3.63) is 71.1 Å². The first-order valence-corrected chi connectivity index (χ1v) is 10.5. The van der Waals surface area contributed by atoms with E-state index in [4.69, 9.17) is 4.74 Å². The van der Waals surface area contributed by atoms with Gasteiger partial charge in [-0.25, -0.2) is 8.42 Å². The van der Waals surface area contributed by atoms with Crippen molar-refractivity contribution in [3.8, 4) is 5.75 Å². The lowest BCUT2D eigenvalue weighted by Crippen LogP contribution is -2.47. The fourth-order valence-corrected chi connectivity index (χ4v) is 4.30. The normalized spacial score (nSPS) is 18.9. The van der Waals surface area contributed by atoms with Gasteiger partial charge < -0.3 is 9.64 Å². The summed E-state index contributed by atoms with van der Waals surface area (Å²) in [6.45, 7) is 5.63. The van der Waals surface area contributed by atoms with Crippen LogP contribution in [-0.4, -0.2) is 32.2 Å². The lowest BCUT2D eigenvalue weighted by Gasteiger charge is -2.30. The van der Waals surface area contributed by atoms with E-state index in [1.807, 2.05) is 50.2 Å². The average Bonchev–Trinajstić information content (AvgIpc) is 2.98. The van der Waals surface area contributed by atoms with E-state index in [0.29, 0.717) is 11.4 Å². The van der Waals surface area contributed by atoms with Gasteiger partial charge in [0.25, 0.3) is 5.91 Å². The molecule has 1 heterocycles. The van der Waals surface area contributed by atoms with Crippen molar-refractivity contribution in [1.29, 1.82) is 0 Å². The maximum atomic E-state index is 13.2. The summed E-state index contributed by atoms with van der Waals surface area (Å²) in [6, 6.07) is 14.2. The van der Waals surface area contributed by atoms with Crippen LogP contribution in [0.5, 0.6) is 5.75 Å². The molecule has 5 nitrogen and oxygen atoms in total. The predicted octanol–water partition coefficient (Wildman–Crippen LogP) is 3.41. The number of nitrogens with zero attached hydrogens (tertiary/aromatic N) is 1. The molecular weight excluding hydrogens is 362 g/mol. The zero-order chi connectivity index (χ0) is 19.6. The minimum absolute atomic E-state index is 0.121. The van der Waals surface area contributed by atoms with Crippen molar-refractivity contribution >= 4 is 21.4 Å². The Balaban J connectivity index is 1.92. The first-order valence-electron chi connectivity index (χ1n) is 8.80. The Morgan fingerprint density at radius 2 is 1.81 bits per heavy atom. The molecule has 0 bridgehead atoms. The Bertz CT molecular complexity index is 967. The molecule has 0 saturated heterocycles. The van der Waals surface area contributed by atoms with Gasteiger partial charge in [0.05, 0.1) is 11.8 Å². The van der Waals surface area contributed by atoms with E-state index in [1.165, 1.54) is 10.3 Å². The van der Waals surface area contributed by atoms with Gasteiger partial charge in [0.15, 0.2) is 15.9 Å². The second-order valence-corrected chi connectivity index (χ2v) is 8.71. The number of hydrogen-bond acceptors (Lipinski definition) is 4. The van der Waals surface area contributed by atoms with Crippen molar-refractivity contribution in [3.63, 3.8) is 0 Å². The Kier molecular flexibility index (Phi) is 5.37. The number of aryl methyl sites for hydroxylation is 2. The standard InChI is InChI=1S/C21H23NO4S/c1-15-9-10-18(13-16(15)2)22(19-11-12-27(24,25)14-19)21(23)17(3)26-20-7-5-4-6-8-20/h4-13,17,19H,14H2,1-3H3/t17-,19+/m0/s1. The van der Waals surface area contributed by atoms with Gasteiger partial charge in [-0.15, -0.1) is 0 Å². The number of carbonyl (C=O) groups excluding carboxylic acids is 1. The topological polar surface area (TPSA) is 63.7 Å². The number of carbonyl (C=O) groups is 1. The number of anilines is 1. The molecule has 1 amide bonds. The van der Waals surface area contributed by atoms with Crippen molar-refractivity contribution < 1.29 is 17.9 Å². The number of sulfone groups is 1. The maximum Gasteiger partial charge on any atom is 0.268 e. The molecule has 27 heavy (non-hydrogen) atoms. The molecule has 0 fully saturated rings. The highest BCUT2D eigenvalue weighted by Gasteiger charge is 2.34. The second-order valence-electron chi connectivity index (χ2n) is 6.78. The lowest BCUT2D eigenvalue weighted by atomic mass is 10.1. The number of hydrogen-bond donors (Lipinski definition) is 0. The predicted molar refractivity (Wildman–Crippen MR) is 107 cm³/mol. The molecule has 0 spiro atoms. The molecule has 2 aromatic carbocycles. The molecule has 0 unspecified atom stereocenters. The molecule has 6 heteroatoms. The van der Waals surface area contributed by atoms with E-state index < -0.39 is 22.0 Å². The zero-order valence-electron chi connectivity index (χ0n) is 15.6. The van der Waals surface area contributed by atoms with Crippen molar-refractivity contribution in [1.82, 2.24) is 0 Å². The third-order valence-corrected chi connectivity index (χ3v) is 6.03. The van der Waals surface area contributed by atoms with Gasteiger partial charge in [-0.1, -0.05) is 24.3 Å². The van der Waals surface area contributed by atoms with Gasteiger partial charge in [0, 0.05) is 11.1 Å². The quantitative estimate of drug-likeness (QED) is 0.791. The number of rotatable bonds is 5. The number of amides is 1. The van der Waals surface area contributed by atoms with E-state index in [1.54, 1.807) is 25.1 Å². The minimum atomic E-state index is -3.30. The van der Waals surface area contributed by atoms with Crippen molar-refractivity contribution in [2.75, 3.05) is 10.7 Å². The van der Waals surface area contributed by atoms with E-state index in [0.717, 1.165) is 11.1 Å². The van der Waals surface area contributed by atoms with Crippen LogP contribution in [-0.2, 0) is 14.6 Å². The van der Waals surface area contributed by atoms with E-state index >= 15 is 0 Å². The highest BCUT2D eigenvalue weighted by atomic mass is 32.2. The van der Waals surface area contributed by atoms with Crippen LogP contribution in [0.1, 0.15) is 18.1 Å². The van der Waals surface area contributed by atoms with Crippen LogP contribution in [0.2, 0.25) is 0 Å². The largest absolute Gasteiger partial charge is 0.481 e. The lowest BCUT2D eigenvalue weighted by molar-refractivity contribution is -0.124. The molecule has 2 aromatic rings.